The van der Waals surface area contributed by atoms with Gasteiger partial charge in [-0.05, 0) is 17.4 Å². The summed E-state index contributed by atoms with van der Waals surface area (Å²) in [5, 5.41) is 6.49. The molecule has 0 unspecified atom stereocenters. The van der Waals surface area contributed by atoms with Crippen molar-refractivity contribution in [2.24, 2.45) is 0 Å². The van der Waals surface area contributed by atoms with Crippen molar-refractivity contribution in [1.29, 1.82) is 0 Å². The Morgan fingerprint density at radius 2 is 2.20 bits per heavy atom. The largest absolute Gasteiger partial charge is 0.367 e. The van der Waals surface area contributed by atoms with Crippen molar-refractivity contribution in [1.82, 2.24) is 15.3 Å². The summed E-state index contributed by atoms with van der Waals surface area (Å²) < 4.78 is 0. The van der Waals surface area contributed by atoms with E-state index in [-0.39, 0.29) is 0 Å². The van der Waals surface area contributed by atoms with Gasteiger partial charge >= 0.3 is 0 Å². The Hall–Kier alpha value is -2.16. The first-order valence-electron chi connectivity index (χ1n) is 4.77. The lowest BCUT2D eigenvalue weighted by Crippen LogP contribution is -2.26. The van der Waals surface area contributed by atoms with Gasteiger partial charge in [-0.3, -0.25) is 0 Å². The Bertz CT molecular complexity index is 656. The fraction of sp³-hybridized carbons (Fsp3) is 0. The van der Waals surface area contributed by atoms with Gasteiger partial charge in [0.1, 0.15) is 6.33 Å². The molecule has 1 aromatic carbocycles. The van der Waals surface area contributed by atoms with E-state index >= 15 is 0 Å². The van der Waals surface area contributed by atoms with E-state index in [1.54, 1.807) is 6.33 Å². The number of hydrogen-bond donors (Lipinski definition) is 1. The molecule has 15 heavy (non-hydrogen) atoms. The lowest BCUT2D eigenvalue weighted by Gasteiger charge is -1.97. The maximum Gasteiger partial charge on any atom is 0.116 e. The minimum Gasteiger partial charge on any atom is -0.367 e. The van der Waals surface area contributed by atoms with Gasteiger partial charge in [-0.2, -0.15) is 0 Å². The number of benzene rings is 1. The highest BCUT2D eigenvalue weighted by Gasteiger charge is 1.97. The number of rotatable bonds is 0. The fourth-order valence-corrected chi connectivity index (χ4v) is 1.74. The predicted molar refractivity (Wildman–Crippen MR) is 60.0 cm³/mol. The van der Waals surface area contributed by atoms with Crippen molar-refractivity contribution < 1.29 is 0 Å². The summed E-state index contributed by atoms with van der Waals surface area (Å²) in [5.74, 6) is 0. The monoisotopic (exact) mass is 195 g/mol. The van der Waals surface area contributed by atoms with Crippen molar-refractivity contribution in [3.8, 4) is 0 Å². The topological polar surface area (TPSA) is 37.8 Å². The molecule has 1 aromatic heterocycles. The molecule has 0 amide bonds. The number of nitrogens with zero attached hydrogens (tertiary/aromatic N) is 2. The van der Waals surface area contributed by atoms with Crippen molar-refractivity contribution in [2.45, 2.75) is 0 Å². The molecule has 0 atom stereocenters. The average Bonchev–Trinajstić information content (AvgIpc) is 2.54. The van der Waals surface area contributed by atoms with Crippen molar-refractivity contribution in [3.05, 3.63) is 47.4 Å². The van der Waals surface area contributed by atoms with Crippen LogP contribution in [0.25, 0.3) is 23.2 Å². The molecular weight excluding hydrogens is 186 g/mol. The summed E-state index contributed by atoms with van der Waals surface area (Å²) in [6, 6.07) is 4.08. The third-order valence-corrected chi connectivity index (χ3v) is 2.46. The maximum absolute atomic E-state index is 4.23. The highest BCUT2D eigenvalue weighted by Crippen LogP contribution is 2.00. The van der Waals surface area contributed by atoms with E-state index < -0.39 is 0 Å². The quantitative estimate of drug-likeness (QED) is 0.655. The van der Waals surface area contributed by atoms with Crippen LogP contribution in [0.4, 0.5) is 0 Å². The van der Waals surface area contributed by atoms with Crippen molar-refractivity contribution in [2.75, 3.05) is 0 Å². The Balaban J connectivity index is 2.56. The molecule has 0 spiro atoms. The zero-order chi connectivity index (χ0) is 10.1. The third-order valence-electron chi connectivity index (χ3n) is 2.46. The first-order valence-corrected chi connectivity index (χ1v) is 4.77. The van der Waals surface area contributed by atoms with E-state index in [2.05, 4.69) is 27.4 Å². The third kappa shape index (κ3) is 1.29. The molecule has 72 valence electrons. The minimum atomic E-state index is 0.970. The van der Waals surface area contributed by atoms with Crippen molar-refractivity contribution >= 4 is 23.2 Å². The van der Waals surface area contributed by atoms with E-state index in [1.165, 1.54) is 5.22 Å². The van der Waals surface area contributed by atoms with Gasteiger partial charge in [-0.1, -0.05) is 12.1 Å². The van der Waals surface area contributed by atoms with Gasteiger partial charge in [-0.15, -0.1) is 0 Å². The fourth-order valence-electron chi connectivity index (χ4n) is 1.74. The number of hydrogen-bond acceptors (Lipinski definition) is 3. The second-order valence-corrected chi connectivity index (χ2v) is 3.36. The first-order chi connectivity index (χ1) is 7.45. The standard InChI is InChI=1S/C12H9N3/c1-2-9-3-4-12-11(7-14-8-15-12)10(9)6-13-5-1/h1-8,13H. The molecule has 0 fully saturated rings. The zero-order valence-electron chi connectivity index (χ0n) is 8.01. The average molecular weight is 195 g/mol. The Morgan fingerprint density at radius 3 is 3.20 bits per heavy atom. The molecule has 3 rings (SSSR count). The van der Waals surface area contributed by atoms with Gasteiger partial charge in [0.05, 0.1) is 5.52 Å². The Morgan fingerprint density at radius 1 is 1.20 bits per heavy atom. The lowest BCUT2D eigenvalue weighted by atomic mass is 10.1. The Kier molecular flexibility index (Phi) is 1.75. The van der Waals surface area contributed by atoms with Crippen LogP contribution in [-0.2, 0) is 0 Å². The van der Waals surface area contributed by atoms with Gasteiger partial charge in [0.2, 0.25) is 0 Å². The van der Waals surface area contributed by atoms with Crippen LogP contribution in [-0.4, -0.2) is 9.97 Å². The van der Waals surface area contributed by atoms with Crippen LogP contribution in [0.15, 0.2) is 36.9 Å². The number of aromatic nitrogens is 2. The molecule has 1 aliphatic rings. The van der Waals surface area contributed by atoms with E-state index in [0.29, 0.717) is 0 Å². The number of allylic oxidation sites excluding steroid dienone is 1. The summed E-state index contributed by atoms with van der Waals surface area (Å²) in [4.78, 5) is 8.29. The van der Waals surface area contributed by atoms with Gasteiger partial charge < -0.3 is 5.32 Å². The summed E-state index contributed by atoms with van der Waals surface area (Å²) >= 11 is 0. The van der Waals surface area contributed by atoms with Crippen LogP contribution in [0.2, 0.25) is 0 Å². The van der Waals surface area contributed by atoms with Gasteiger partial charge in [-0.25, -0.2) is 9.97 Å². The van der Waals surface area contributed by atoms with Crippen LogP contribution < -0.4 is 15.8 Å². The molecule has 0 radical (unpaired) electrons. The molecule has 1 N–H and O–H groups in total. The first kappa shape index (κ1) is 8.17. The van der Waals surface area contributed by atoms with E-state index in [1.807, 2.05) is 30.7 Å². The SMILES string of the molecule is C1=CNC=c2c(ccc3ncncc23)=C1. The number of fused-ring (bicyclic) bond motifs is 3. The molecule has 0 bridgehead atoms. The lowest BCUT2D eigenvalue weighted by molar-refractivity contribution is 1.21. The molecule has 0 aliphatic carbocycles. The van der Waals surface area contributed by atoms with E-state index in [4.69, 9.17) is 0 Å². The summed E-state index contributed by atoms with van der Waals surface area (Å²) in [6.07, 6.45) is 11.3. The highest BCUT2D eigenvalue weighted by molar-refractivity contribution is 5.79. The molecular formula is C12H9N3. The highest BCUT2D eigenvalue weighted by atomic mass is 14.8. The molecule has 2 heterocycles. The van der Waals surface area contributed by atoms with Crippen LogP contribution in [0.1, 0.15) is 0 Å². The van der Waals surface area contributed by atoms with Gasteiger partial charge in [0, 0.05) is 29.2 Å². The second-order valence-electron chi connectivity index (χ2n) is 3.36. The molecule has 0 saturated heterocycles. The van der Waals surface area contributed by atoms with Crippen molar-refractivity contribution in [3.63, 3.8) is 0 Å². The van der Waals surface area contributed by atoms with Gasteiger partial charge in [0.25, 0.3) is 0 Å². The minimum absolute atomic E-state index is 0.970. The molecule has 3 heteroatoms. The maximum atomic E-state index is 4.23. The molecule has 3 nitrogen and oxygen atoms in total. The zero-order valence-corrected chi connectivity index (χ0v) is 8.01. The Labute approximate surface area is 86.5 Å². The van der Waals surface area contributed by atoms with E-state index in [9.17, 15) is 0 Å². The molecule has 0 saturated carbocycles. The van der Waals surface area contributed by atoms with Crippen LogP contribution in [0.3, 0.4) is 0 Å². The van der Waals surface area contributed by atoms with Crippen LogP contribution in [0.5, 0.6) is 0 Å². The summed E-state index contributed by atoms with van der Waals surface area (Å²) in [6.45, 7) is 0. The smallest absolute Gasteiger partial charge is 0.116 e. The predicted octanol–water partition coefficient (Wildman–Crippen LogP) is 0.265. The number of nitrogens with one attached hydrogen (secondary N) is 1. The van der Waals surface area contributed by atoms with Crippen LogP contribution >= 0.6 is 0 Å². The summed E-state index contributed by atoms with van der Waals surface area (Å²) in [5.41, 5.74) is 0.970. The van der Waals surface area contributed by atoms with Gasteiger partial charge in [0.15, 0.2) is 0 Å². The molecule has 1 aliphatic heterocycles. The summed E-state index contributed by atoms with van der Waals surface area (Å²) in [7, 11) is 0. The molecule has 2 aromatic rings. The second kappa shape index (κ2) is 3.20. The normalized spacial score (nSPS) is 13.3. The van der Waals surface area contributed by atoms with Crippen LogP contribution in [0, 0.1) is 0 Å². The van der Waals surface area contributed by atoms with E-state index in [0.717, 1.165) is 16.1 Å².